The first-order chi connectivity index (χ1) is 16.0. The zero-order valence-electron chi connectivity index (χ0n) is 17.0. The zero-order chi connectivity index (χ0) is 26.4. The summed E-state index contributed by atoms with van der Waals surface area (Å²) < 4.78 is 172. The molecule has 12 heteroatoms. The van der Waals surface area contributed by atoms with Gasteiger partial charge in [0, 0.05) is 0 Å². The minimum absolute atomic E-state index is 0.00619. The van der Waals surface area contributed by atoms with Gasteiger partial charge in [0.05, 0.1) is 22.3 Å². The van der Waals surface area contributed by atoms with Gasteiger partial charge in [-0.3, -0.25) is 0 Å². The molecule has 0 N–H and O–H groups in total. The molecule has 3 aromatic carbocycles. The van der Waals surface area contributed by atoms with E-state index in [1.807, 2.05) is 0 Å². The molecule has 0 aliphatic rings. The molecule has 188 valence electrons. The summed E-state index contributed by atoms with van der Waals surface area (Å²) >= 11 is 0. The predicted octanol–water partition coefficient (Wildman–Crippen LogP) is 8.67. The summed E-state index contributed by atoms with van der Waals surface area (Å²) in [5.74, 6) is -18.2. The zero-order valence-corrected chi connectivity index (χ0v) is 17.0. The van der Waals surface area contributed by atoms with Crippen LogP contribution in [0, 0.1) is 11.6 Å². The SMILES string of the molecule is Fc1ccccc1C(F)(F)C(c1cccc(C(F)(F)F)c1C(F)(F)F)C(F)(F)c1ccccc1F. The Labute approximate surface area is 189 Å². The minimum atomic E-state index is -6.05. The third-order valence-corrected chi connectivity index (χ3v) is 5.19. The number of hydrogen-bond acceptors (Lipinski definition) is 0. The van der Waals surface area contributed by atoms with Crippen molar-refractivity contribution in [3.8, 4) is 0 Å². The number of benzene rings is 3. The highest BCUT2D eigenvalue weighted by Crippen LogP contribution is 2.58. The van der Waals surface area contributed by atoms with Crippen molar-refractivity contribution in [1.29, 1.82) is 0 Å². The Hall–Kier alpha value is -3.18. The first-order valence-electron chi connectivity index (χ1n) is 9.53. The van der Waals surface area contributed by atoms with Gasteiger partial charge in [-0.2, -0.15) is 26.3 Å². The lowest BCUT2D eigenvalue weighted by molar-refractivity contribution is -0.170. The van der Waals surface area contributed by atoms with Gasteiger partial charge in [-0.1, -0.05) is 48.5 Å². The van der Waals surface area contributed by atoms with E-state index in [-0.39, 0.29) is 18.2 Å². The van der Waals surface area contributed by atoms with Crippen LogP contribution in [0.25, 0.3) is 0 Å². The van der Waals surface area contributed by atoms with Crippen LogP contribution in [-0.2, 0) is 24.2 Å². The van der Waals surface area contributed by atoms with Crippen LogP contribution in [0.4, 0.5) is 52.7 Å². The summed E-state index contributed by atoms with van der Waals surface area (Å²) in [6, 6.07) is 4.79. The van der Waals surface area contributed by atoms with Crippen LogP contribution in [0.3, 0.4) is 0 Å². The molecule has 3 rings (SSSR count). The Morgan fingerprint density at radius 1 is 0.457 bits per heavy atom. The molecule has 0 amide bonds. The first kappa shape index (κ1) is 26.4. The van der Waals surface area contributed by atoms with Crippen molar-refractivity contribution in [2.45, 2.75) is 30.1 Å². The molecular weight excluding hydrogens is 504 g/mol. The molecule has 0 radical (unpaired) electrons. The molecule has 3 aromatic rings. The standard InChI is InChI=1S/C23H12F12/c24-16-10-3-1-7-13(16)20(26,27)19(21(28,29)14-8-2-4-11-17(14)25)12-6-5-9-15(22(30,31)32)18(12)23(33,34)35/h1-11,19H. The van der Waals surface area contributed by atoms with Crippen LogP contribution in [0.5, 0.6) is 0 Å². The van der Waals surface area contributed by atoms with Gasteiger partial charge in [-0.25, -0.2) is 26.3 Å². The fourth-order valence-electron chi connectivity index (χ4n) is 3.76. The normalized spacial score (nSPS) is 13.4. The molecule has 0 saturated heterocycles. The van der Waals surface area contributed by atoms with Gasteiger partial charge < -0.3 is 0 Å². The van der Waals surface area contributed by atoms with Gasteiger partial charge in [0.2, 0.25) is 0 Å². The van der Waals surface area contributed by atoms with Gasteiger partial charge in [0.1, 0.15) is 17.6 Å². The smallest absolute Gasteiger partial charge is 0.206 e. The topological polar surface area (TPSA) is 0 Å². The van der Waals surface area contributed by atoms with Crippen molar-refractivity contribution < 1.29 is 52.7 Å². The van der Waals surface area contributed by atoms with Gasteiger partial charge in [0.15, 0.2) is 0 Å². The van der Waals surface area contributed by atoms with Gasteiger partial charge in [-0.05, 0) is 23.8 Å². The van der Waals surface area contributed by atoms with Crippen molar-refractivity contribution in [1.82, 2.24) is 0 Å². The van der Waals surface area contributed by atoms with E-state index in [4.69, 9.17) is 0 Å². The van der Waals surface area contributed by atoms with Gasteiger partial charge in [0.25, 0.3) is 11.8 Å². The fraction of sp³-hybridized carbons (Fsp3) is 0.217. The third kappa shape index (κ3) is 4.83. The van der Waals surface area contributed by atoms with Gasteiger partial charge >= 0.3 is 12.4 Å². The maximum absolute atomic E-state index is 15.6. The Morgan fingerprint density at radius 3 is 1.23 bits per heavy atom. The van der Waals surface area contributed by atoms with Crippen molar-refractivity contribution in [2.75, 3.05) is 0 Å². The van der Waals surface area contributed by atoms with Crippen LogP contribution in [0.15, 0.2) is 66.7 Å². The molecule has 0 fully saturated rings. The van der Waals surface area contributed by atoms with E-state index in [0.717, 1.165) is 24.3 Å². The summed E-state index contributed by atoms with van der Waals surface area (Å²) in [4.78, 5) is 0. The van der Waals surface area contributed by atoms with E-state index in [1.54, 1.807) is 0 Å². The molecule has 0 saturated carbocycles. The highest BCUT2D eigenvalue weighted by atomic mass is 19.4. The van der Waals surface area contributed by atoms with E-state index >= 15 is 17.6 Å². The monoisotopic (exact) mass is 516 g/mol. The Balaban J connectivity index is 2.48. The molecule has 0 aliphatic heterocycles. The largest absolute Gasteiger partial charge is 0.417 e. The summed E-state index contributed by atoms with van der Waals surface area (Å²) in [6.07, 6.45) is -11.8. The Bertz CT molecular complexity index is 1150. The maximum Gasteiger partial charge on any atom is 0.417 e. The number of hydrogen-bond donors (Lipinski definition) is 0. The highest BCUT2D eigenvalue weighted by Gasteiger charge is 2.61. The lowest BCUT2D eigenvalue weighted by atomic mass is 9.77. The van der Waals surface area contributed by atoms with E-state index in [0.29, 0.717) is 24.3 Å². The number of halogens is 12. The van der Waals surface area contributed by atoms with Crippen molar-refractivity contribution in [2.24, 2.45) is 0 Å². The van der Waals surface area contributed by atoms with E-state index in [9.17, 15) is 35.1 Å². The van der Waals surface area contributed by atoms with Crippen molar-refractivity contribution >= 4 is 0 Å². The van der Waals surface area contributed by atoms with Crippen LogP contribution < -0.4 is 0 Å². The molecule has 0 aliphatic carbocycles. The van der Waals surface area contributed by atoms with Gasteiger partial charge in [-0.15, -0.1) is 0 Å². The van der Waals surface area contributed by atoms with E-state index in [1.165, 1.54) is 0 Å². The molecule has 0 bridgehead atoms. The molecule has 35 heavy (non-hydrogen) atoms. The number of alkyl halides is 10. The lowest BCUT2D eigenvalue weighted by Gasteiger charge is -2.36. The summed E-state index contributed by atoms with van der Waals surface area (Å²) in [5, 5.41) is 0. The maximum atomic E-state index is 15.6. The minimum Gasteiger partial charge on any atom is -0.206 e. The second-order valence-corrected chi connectivity index (χ2v) is 7.40. The third-order valence-electron chi connectivity index (χ3n) is 5.19. The average Bonchev–Trinajstić information content (AvgIpc) is 2.72. The van der Waals surface area contributed by atoms with Crippen molar-refractivity contribution in [3.05, 3.63) is 106 Å². The fourth-order valence-corrected chi connectivity index (χ4v) is 3.76. The van der Waals surface area contributed by atoms with E-state index < -0.39 is 69.6 Å². The molecule has 0 aromatic heterocycles. The quantitative estimate of drug-likeness (QED) is 0.298. The van der Waals surface area contributed by atoms with E-state index in [2.05, 4.69) is 0 Å². The summed E-state index contributed by atoms with van der Waals surface area (Å²) in [7, 11) is 0. The summed E-state index contributed by atoms with van der Waals surface area (Å²) in [6.45, 7) is 0. The second-order valence-electron chi connectivity index (χ2n) is 7.40. The average molecular weight is 516 g/mol. The molecule has 0 atom stereocenters. The first-order valence-corrected chi connectivity index (χ1v) is 9.53. The van der Waals surface area contributed by atoms with Crippen LogP contribution >= 0.6 is 0 Å². The lowest BCUT2D eigenvalue weighted by Crippen LogP contribution is -2.39. The van der Waals surface area contributed by atoms with Crippen LogP contribution in [-0.4, -0.2) is 0 Å². The summed E-state index contributed by atoms with van der Waals surface area (Å²) in [5.41, 5.74) is -11.1. The molecule has 0 spiro atoms. The molecule has 0 nitrogen and oxygen atoms in total. The Kier molecular flexibility index (Phi) is 6.64. The Morgan fingerprint density at radius 2 is 0.857 bits per heavy atom. The second kappa shape index (κ2) is 8.80. The molecular formula is C23H12F12. The van der Waals surface area contributed by atoms with Crippen molar-refractivity contribution in [3.63, 3.8) is 0 Å². The number of rotatable bonds is 5. The predicted molar refractivity (Wildman–Crippen MR) is 99.8 cm³/mol. The molecule has 0 heterocycles. The molecule has 0 unspecified atom stereocenters. The van der Waals surface area contributed by atoms with Crippen LogP contribution in [0.1, 0.15) is 33.7 Å². The highest BCUT2D eigenvalue weighted by molar-refractivity contribution is 5.46. The van der Waals surface area contributed by atoms with Crippen LogP contribution in [0.2, 0.25) is 0 Å².